The minimum atomic E-state index is -0.336. The average molecular weight is 278 g/mol. The van der Waals surface area contributed by atoms with Gasteiger partial charge in [0.2, 0.25) is 0 Å². The number of esters is 1. The minimum absolute atomic E-state index is 0.336. The molecule has 0 spiro atoms. The van der Waals surface area contributed by atoms with Gasteiger partial charge in [-0.3, -0.25) is 0 Å². The molecule has 0 aliphatic heterocycles. The number of ether oxygens (including phenoxy) is 1. The van der Waals surface area contributed by atoms with E-state index in [-0.39, 0.29) is 5.97 Å². The van der Waals surface area contributed by atoms with E-state index in [1.165, 1.54) is 12.7 Å². The van der Waals surface area contributed by atoms with Gasteiger partial charge >= 0.3 is 5.97 Å². The molecule has 19 heavy (non-hydrogen) atoms. The summed E-state index contributed by atoms with van der Waals surface area (Å²) in [4.78, 5) is 14.3. The van der Waals surface area contributed by atoms with Crippen LogP contribution in [0.3, 0.4) is 0 Å². The summed E-state index contributed by atoms with van der Waals surface area (Å²) in [5.74, 6) is -0.336. The molecule has 2 aromatic rings. The number of rotatable bonds is 6. The molecule has 102 valence electrons. The Labute approximate surface area is 116 Å². The maximum atomic E-state index is 11.3. The number of carbonyl (C=O) groups is 1. The molecule has 0 saturated carbocycles. The van der Waals surface area contributed by atoms with Gasteiger partial charge in [-0.25, -0.2) is 4.79 Å². The van der Waals surface area contributed by atoms with Crippen LogP contribution in [0.25, 0.3) is 0 Å². The molecule has 0 aromatic carbocycles. The van der Waals surface area contributed by atoms with Crippen molar-refractivity contribution in [2.24, 2.45) is 0 Å². The number of carbonyl (C=O) groups excluding carboxylic acids is 1. The van der Waals surface area contributed by atoms with E-state index in [1.807, 2.05) is 6.07 Å². The number of thiophene rings is 1. The Morgan fingerprint density at radius 3 is 3.00 bits per heavy atom. The van der Waals surface area contributed by atoms with E-state index in [2.05, 4.69) is 38.8 Å². The fourth-order valence-electron chi connectivity index (χ4n) is 1.89. The zero-order chi connectivity index (χ0) is 13.7. The molecule has 2 aromatic heterocycles. The van der Waals surface area contributed by atoms with Gasteiger partial charge in [0.05, 0.1) is 7.11 Å². The molecule has 4 nitrogen and oxygen atoms in total. The van der Waals surface area contributed by atoms with E-state index in [4.69, 9.17) is 0 Å². The summed E-state index contributed by atoms with van der Waals surface area (Å²) in [5.41, 5.74) is 2.83. The molecule has 2 heterocycles. The maximum absolute atomic E-state index is 11.3. The van der Waals surface area contributed by atoms with Crippen molar-refractivity contribution >= 4 is 17.3 Å². The third-order valence-corrected chi connectivity index (χ3v) is 3.65. The van der Waals surface area contributed by atoms with Crippen LogP contribution in [0.4, 0.5) is 0 Å². The van der Waals surface area contributed by atoms with Gasteiger partial charge in [-0.15, -0.1) is 0 Å². The SMILES string of the molecule is COC(=O)c1ccc(CNC(C)Cc2ccsc2)[nH]1. The molecular weight excluding hydrogens is 260 g/mol. The van der Waals surface area contributed by atoms with E-state index < -0.39 is 0 Å². The summed E-state index contributed by atoms with van der Waals surface area (Å²) in [6, 6.07) is 6.18. The number of hydrogen-bond acceptors (Lipinski definition) is 4. The number of hydrogen-bond donors (Lipinski definition) is 2. The summed E-state index contributed by atoms with van der Waals surface area (Å²) >= 11 is 1.72. The van der Waals surface area contributed by atoms with Gasteiger partial charge < -0.3 is 15.0 Å². The minimum Gasteiger partial charge on any atom is -0.464 e. The highest BCUT2D eigenvalue weighted by atomic mass is 32.1. The zero-order valence-corrected chi connectivity index (χ0v) is 11.9. The highest BCUT2D eigenvalue weighted by Crippen LogP contribution is 2.09. The van der Waals surface area contributed by atoms with Crippen molar-refractivity contribution in [3.8, 4) is 0 Å². The lowest BCUT2D eigenvalue weighted by molar-refractivity contribution is 0.0594. The molecule has 5 heteroatoms. The monoisotopic (exact) mass is 278 g/mol. The van der Waals surface area contributed by atoms with Crippen molar-refractivity contribution in [2.45, 2.75) is 25.9 Å². The van der Waals surface area contributed by atoms with Gasteiger partial charge in [0.25, 0.3) is 0 Å². The summed E-state index contributed by atoms with van der Waals surface area (Å²) in [7, 11) is 1.38. The highest BCUT2D eigenvalue weighted by Gasteiger charge is 2.09. The third kappa shape index (κ3) is 3.94. The smallest absolute Gasteiger partial charge is 0.354 e. The predicted molar refractivity (Wildman–Crippen MR) is 76.5 cm³/mol. The van der Waals surface area contributed by atoms with Crippen LogP contribution in [0.5, 0.6) is 0 Å². The molecule has 0 aliphatic carbocycles. The topological polar surface area (TPSA) is 54.1 Å². The van der Waals surface area contributed by atoms with Crippen LogP contribution < -0.4 is 5.32 Å². The van der Waals surface area contributed by atoms with Crippen LogP contribution >= 0.6 is 11.3 Å². The van der Waals surface area contributed by atoms with Crippen molar-refractivity contribution in [1.82, 2.24) is 10.3 Å². The molecule has 1 unspecified atom stereocenters. The Morgan fingerprint density at radius 2 is 2.32 bits per heavy atom. The number of aromatic nitrogens is 1. The summed E-state index contributed by atoms with van der Waals surface area (Å²) in [6.45, 7) is 2.87. The quantitative estimate of drug-likeness (QED) is 0.799. The zero-order valence-electron chi connectivity index (χ0n) is 11.1. The van der Waals surface area contributed by atoms with Crippen molar-refractivity contribution in [1.29, 1.82) is 0 Å². The molecule has 0 bridgehead atoms. The number of methoxy groups -OCH3 is 1. The first kappa shape index (κ1) is 13.8. The lowest BCUT2D eigenvalue weighted by atomic mass is 10.1. The van der Waals surface area contributed by atoms with Gasteiger partial charge in [-0.05, 0) is 47.9 Å². The second kappa shape index (κ2) is 6.54. The largest absolute Gasteiger partial charge is 0.464 e. The third-order valence-electron chi connectivity index (χ3n) is 2.91. The van der Waals surface area contributed by atoms with E-state index in [0.29, 0.717) is 18.3 Å². The molecule has 2 rings (SSSR count). The fraction of sp³-hybridized carbons (Fsp3) is 0.357. The Kier molecular flexibility index (Phi) is 4.76. The van der Waals surface area contributed by atoms with Gasteiger partial charge in [0, 0.05) is 18.3 Å². The second-order valence-corrected chi connectivity index (χ2v) is 5.29. The maximum Gasteiger partial charge on any atom is 0.354 e. The molecule has 0 amide bonds. The number of nitrogens with one attached hydrogen (secondary N) is 2. The van der Waals surface area contributed by atoms with Gasteiger partial charge in [0.15, 0.2) is 0 Å². The van der Waals surface area contributed by atoms with Crippen molar-refractivity contribution in [2.75, 3.05) is 7.11 Å². The van der Waals surface area contributed by atoms with Crippen molar-refractivity contribution in [3.63, 3.8) is 0 Å². The van der Waals surface area contributed by atoms with Crippen LogP contribution in [0, 0.1) is 0 Å². The molecule has 2 N–H and O–H groups in total. The molecule has 0 saturated heterocycles. The van der Waals surface area contributed by atoms with E-state index in [1.54, 1.807) is 17.4 Å². The standard InChI is InChI=1S/C14H18N2O2S/c1-10(7-11-5-6-19-9-11)15-8-12-3-4-13(16-12)14(17)18-2/h3-6,9-10,15-16H,7-8H2,1-2H3. The highest BCUT2D eigenvalue weighted by molar-refractivity contribution is 7.07. The fourth-order valence-corrected chi connectivity index (χ4v) is 2.57. The molecule has 0 fully saturated rings. The summed E-state index contributed by atoms with van der Waals surface area (Å²) < 4.78 is 4.66. The molecule has 1 atom stereocenters. The van der Waals surface area contributed by atoms with Crippen molar-refractivity contribution in [3.05, 3.63) is 45.9 Å². The van der Waals surface area contributed by atoms with Crippen LogP contribution in [-0.2, 0) is 17.7 Å². The van der Waals surface area contributed by atoms with E-state index in [0.717, 1.165) is 12.1 Å². The average Bonchev–Trinajstić information content (AvgIpc) is 3.06. The first-order chi connectivity index (χ1) is 9.19. The van der Waals surface area contributed by atoms with Gasteiger partial charge in [-0.2, -0.15) is 11.3 Å². The van der Waals surface area contributed by atoms with Crippen molar-refractivity contribution < 1.29 is 9.53 Å². The number of H-pyrrole nitrogens is 1. The van der Waals surface area contributed by atoms with Gasteiger partial charge in [0.1, 0.15) is 5.69 Å². The number of aromatic amines is 1. The Balaban J connectivity index is 1.81. The lowest BCUT2D eigenvalue weighted by Crippen LogP contribution is -2.27. The first-order valence-corrected chi connectivity index (χ1v) is 7.14. The molecular formula is C14H18N2O2S. The predicted octanol–water partition coefficient (Wildman–Crippen LogP) is 2.58. The van der Waals surface area contributed by atoms with Crippen LogP contribution in [0.15, 0.2) is 29.0 Å². The second-order valence-electron chi connectivity index (χ2n) is 4.51. The molecule has 0 radical (unpaired) electrons. The van der Waals surface area contributed by atoms with Crippen LogP contribution in [0.2, 0.25) is 0 Å². The van der Waals surface area contributed by atoms with Crippen LogP contribution in [0.1, 0.15) is 28.7 Å². The summed E-state index contributed by atoms with van der Waals surface area (Å²) in [5, 5.41) is 7.69. The van der Waals surface area contributed by atoms with Crippen LogP contribution in [-0.4, -0.2) is 24.1 Å². The Bertz CT molecular complexity index is 519. The molecule has 0 aliphatic rings. The Hall–Kier alpha value is -1.59. The normalized spacial score (nSPS) is 12.3. The van der Waals surface area contributed by atoms with Gasteiger partial charge in [-0.1, -0.05) is 0 Å². The lowest BCUT2D eigenvalue weighted by Gasteiger charge is -2.12. The Morgan fingerprint density at radius 1 is 1.47 bits per heavy atom. The first-order valence-electron chi connectivity index (χ1n) is 6.19. The van der Waals surface area contributed by atoms with E-state index in [9.17, 15) is 4.79 Å². The van der Waals surface area contributed by atoms with E-state index >= 15 is 0 Å². The summed E-state index contributed by atoms with van der Waals surface area (Å²) in [6.07, 6.45) is 1.01.